The van der Waals surface area contributed by atoms with E-state index in [0.29, 0.717) is 28.5 Å². The standard InChI is InChI=1S/C19H15F2NO5/c1-24-16-6-4-11(8-18(16)25-2)17-9-13(22-27-17)10-26-19(23)12-3-5-14(20)15(21)7-12/h3-9H,10H2,1-2H3. The molecule has 0 atom stereocenters. The summed E-state index contributed by atoms with van der Waals surface area (Å²) in [5.74, 6) is -1.43. The molecular formula is C19H15F2NO5. The van der Waals surface area contributed by atoms with Crippen molar-refractivity contribution < 1.29 is 32.3 Å². The van der Waals surface area contributed by atoms with Crippen molar-refractivity contribution in [3.8, 4) is 22.8 Å². The molecule has 140 valence electrons. The Morgan fingerprint density at radius 2 is 1.78 bits per heavy atom. The highest BCUT2D eigenvalue weighted by molar-refractivity contribution is 5.89. The Morgan fingerprint density at radius 3 is 2.48 bits per heavy atom. The molecule has 0 aliphatic rings. The minimum atomic E-state index is -1.12. The summed E-state index contributed by atoms with van der Waals surface area (Å²) in [5, 5.41) is 3.83. The zero-order valence-electron chi connectivity index (χ0n) is 14.5. The Labute approximate surface area is 153 Å². The van der Waals surface area contributed by atoms with E-state index < -0.39 is 17.6 Å². The summed E-state index contributed by atoms with van der Waals surface area (Å²) >= 11 is 0. The predicted octanol–water partition coefficient (Wildman–Crippen LogP) is 3.99. The number of hydrogen-bond acceptors (Lipinski definition) is 6. The summed E-state index contributed by atoms with van der Waals surface area (Å²) in [6.07, 6.45) is 0. The first-order chi connectivity index (χ1) is 13.0. The number of halogens is 2. The van der Waals surface area contributed by atoms with Crippen molar-refractivity contribution in [1.29, 1.82) is 0 Å². The summed E-state index contributed by atoms with van der Waals surface area (Å²) in [7, 11) is 3.05. The number of esters is 1. The molecule has 0 aliphatic carbocycles. The van der Waals surface area contributed by atoms with E-state index >= 15 is 0 Å². The summed E-state index contributed by atoms with van der Waals surface area (Å²) in [4.78, 5) is 11.9. The number of rotatable bonds is 6. The van der Waals surface area contributed by atoms with E-state index in [2.05, 4.69) is 5.16 Å². The van der Waals surface area contributed by atoms with Crippen LogP contribution < -0.4 is 9.47 Å². The number of benzene rings is 2. The Morgan fingerprint density at radius 1 is 1.00 bits per heavy atom. The average molecular weight is 375 g/mol. The molecule has 3 rings (SSSR count). The van der Waals surface area contributed by atoms with Crippen LogP contribution in [-0.2, 0) is 11.3 Å². The van der Waals surface area contributed by atoms with Gasteiger partial charge in [-0.05, 0) is 36.4 Å². The third-order valence-electron chi connectivity index (χ3n) is 3.73. The Bertz CT molecular complexity index is 970. The van der Waals surface area contributed by atoms with Crippen LogP contribution in [0.25, 0.3) is 11.3 Å². The SMILES string of the molecule is COc1ccc(-c2cc(COC(=O)c3ccc(F)c(F)c3)no2)cc1OC. The average Bonchev–Trinajstić information content (AvgIpc) is 3.16. The second kappa shape index (κ2) is 7.86. The number of hydrogen-bond donors (Lipinski definition) is 0. The van der Waals surface area contributed by atoms with Crippen LogP contribution in [0.1, 0.15) is 16.1 Å². The minimum absolute atomic E-state index is 0.0995. The molecule has 6 nitrogen and oxygen atoms in total. The van der Waals surface area contributed by atoms with Crippen LogP contribution in [0.5, 0.6) is 11.5 Å². The molecule has 0 saturated carbocycles. The largest absolute Gasteiger partial charge is 0.493 e. The van der Waals surface area contributed by atoms with Gasteiger partial charge in [0.2, 0.25) is 0 Å². The van der Waals surface area contributed by atoms with Gasteiger partial charge in [0.25, 0.3) is 0 Å². The van der Waals surface area contributed by atoms with Crippen molar-refractivity contribution in [2.75, 3.05) is 14.2 Å². The fourth-order valence-corrected chi connectivity index (χ4v) is 2.35. The molecule has 0 saturated heterocycles. The van der Waals surface area contributed by atoms with Gasteiger partial charge in [-0.25, -0.2) is 13.6 Å². The van der Waals surface area contributed by atoms with E-state index in [1.807, 2.05) is 0 Å². The molecule has 0 aliphatic heterocycles. The molecule has 0 bridgehead atoms. The smallest absolute Gasteiger partial charge is 0.338 e. The van der Waals surface area contributed by atoms with Crippen molar-refractivity contribution in [2.45, 2.75) is 6.61 Å². The third kappa shape index (κ3) is 4.05. The van der Waals surface area contributed by atoms with Gasteiger partial charge in [-0.1, -0.05) is 5.16 Å². The van der Waals surface area contributed by atoms with Crippen LogP contribution >= 0.6 is 0 Å². The summed E-state index contributed by atoms with van der Waals surface area (Å²) in [6.45, 7) is -0.186. The number of methoxy groups -OCH3 is 2. The fraction of sp³-hybridized carbons (Fsp3) is 0.158. The molecule has 1 heterocycles. The van der Waals surface area contributed by atoms with Crippen LogP contribution in [0, 0.1) is 11.6 Å². The molecule has 0 radical (unpaired) electrons. The maximum Gasteiger partial charge on any atom is 0.338 e. The van der Waals surface area contributed by atoms with Crippen LogP contribution in [0.15, 0.2) is 47.0 Å². The lowest BCUT2D eigenvalue weighted by Crippen LogP contribution is -2.06. The van der Waals surface area contributed by atoms with Crippen molar-refractivity contribution in [2.24, 2.45) is 0 Å². The first kappa shape index (κ1) is 18.4. The molecule has 3 aromatic rings. The van der Waals surface area contributed by atoms with Gasteiger partial charge in [0.1, 0.15) is 12.3 Å². The lowest BCUT2D eigenvalue weighted by molar-refractivity contribution is 0.0463. The molecule has 1 aromatic heterocycles. The van der Waals surface area contributed by atoms with E-state index in [-0.39, 0.29) is 12.2 Å². The second-order valence-corrected chi connectivity index (χ2v) is 5.46. The lowest BCUT2D eigenvalue weighted by atomic mass is 10.1. The molecule has 0 N–H and O–H groups in total. The molecule has 0 unspecified atom stereocenters. The molecular weight excluding hydrogens is 360 g/mol. The van der Waals surface area contributed by atoms with Crippen LogP contribution in [0.3, 0.4) is 0 Å². The van der Waals surface area contributed by atoms with E-state index in [1.165, 1.54) is 14.2 Å². The molecule has 0 fully saturated rings. The van der Waals surface area contributed by atoms with Gasteiger partial charge >= 0.3 is 5.97 Å². The predicted molar refractivity (Wildman–Crippen MR) is 90.5 cm³/mol. The Kier molecular flexibility index (Phi) is 5.35. The lowest BCUT2D eigenvalue weighted by Gasteiger charge is -2.07. The Hall–Kier alpha value is -3.42. The van der Waals surface area contributed by atoms with Gasteiger partial charge < -0.3 is 18.7 Å². The normalized spacial score (nSPS) is 10.5. The van der Waals surface area contributed by atoms with E-state index in [9.17, 15) is 13.6 Å². The third-order valence-corrected chi connectivity index (χ3v) is 3.73. The molecule has 27 heavy (non-hydrogen) atoms. The fourth-order valence-electron chi connectivity index (χ4n) is 2.35. The number of nitrogens with zero attached hydrogens (tertiary/aromatic N) is 1. The van der Waals surface area contributed by atoms with Crippen LogP contribution in [0.2, 0.25) is 0 Å². The highest BCUT2D eigenvalue weighted by Crippen LogP contribution is 2.32. The maximum atomic E-state index is 13.2. The second-order valence-electron chi connectivity index (χ2n) is 5.46. The maximum absolute atomic E-state index is 13.2. The van der Waals surface area contributed by atoms with Gasteiger partial charge in [-0.3, -0.25) is 0 Å². The van der Waals surface area contributed by atoms with E-state index in [4.69, 9.17) is 18.7 Å². The highest BCUT2D eigenvalue weighted by Gasteiger charge is 2.14. The Balaban J connectivity index is 1.69. The van der Waals surface area contributed by atoms with Crippen molar-refractivity contribution in [3.63, 3.8) is 0 Å². The van der Waals surface area contributed by atoms with Crippen molar-refractivity contribution >= 4 is 5.97 Å². The number of carbonyl (C=O) groups excluding carboxylic acids is 1. The van der Waals surface area contributed by atoms with Crippen LogP contribution in [0.4, 0.5) is 8.78 Å². The minimum Gasteiger partial charge on any atom is -0.493 e. The summed E-state index contributed by atoms with van der Waals surface area (Å²) < 4.78 is 46.8. The van der Waals surface area contributed by atoms with Gasteiger partial charge in [-0.2, -0.15) is 0 Å². The number of carbonyl (C=O) groups is 1. The van der Waals surface area contributed by atoms with E-state index in [0.717, 1.165) is 18.2 Å². The molecule has 2 aromatic carbocycles. The van der Waals surface area contributed by atoms with Gasteiger partial charge in [-0.15, -0.1) is 0 Å². The summed E-state index contributed by atoms with van der Waals surface area (Å²) in [6, 6.07) is 9.57. The van der Waals surface area contributed by atoms with Crippen LogP contribution in [-0.4, -0.2) is 25.3 Å². The zero-order valence-corrected chi connectivity index (χ0v) is 14.5. The van der Waals surface area contributed by atoms with Crippen molar-refractivity contribution in [1.82, 2.24) is 5.16 Å². The highest BCUT2D eigenvalue weighted by atomic mass is 19.2. The molecule has 0 amide bonds. The van der Waals surface area contributed by atoms with Crippen molar-refractivity contribution in [3.05, 3.63) is 65.4 Å². The zero-order chi connectivity index (χ0) is 19.4. The van der Waals surface area contributed by atoms with Gasteiger partial charge in [0, 0.05) is 11.6 Å². The quantitative estimate of drug-likeness (QED) is 0.607. The summed E-state index contributed by atoms with van der Waals surface area (Å²) in [5.41, 5.74) is 0.951. The molecule has 8 heteroatoms. The first-order valence-corrected chi connectivity index (χ1v) is 7.82. The first-order valence-electron chi connectivity index (χ1n) is 7.82. The number of ether oxygens (including phenoxy) is 3. The molecule has 0 spiro atoms. The topological polar surface area (TPSA) is 70.8 Å². The van der Waals surface area contributed by atoms with Gasteiger partial charge in [0.05, 0.1) is 19.8 Å². The van der Waals surface area contributed by atoms with Gasteiger partial charge in [0.15, 0.2) is 28.9 Å². The number of aromatic nitrogens is 1. The monoisotopic (exact) mass is 375 g/mol. The van der Waals surface area contributed by atoms with E-state index in [1.54, 1.807) is 24.3 Å².